The lowest BCUT2D eigenvalue weighted by atomic mass is 10.1. The third-order valence-corrected chi connectivity index (χ3v) is 9.96. The molecule has 0 amide bonds. The Balaban J connectivity index is 2.03. The van der Waals surface area contributed by atoms with E-state index in [-0.39, 0.29) is 11.5 Å². The fraction of sp³-hybridized carbons (Fsp3) is 0.400. The van der Waals surface area contributed by atoms with Gasteiger partial charge in [-0.25, -0.2) is 0 Å². The number of carboxylic acid groups (broad SMARTS) is 1. The molecule has 31 heavy (non-hydrogen) atoms. The topological polar surface area (TPSA) is 65.0 Å². The van der Waals surface area contributed by atoms with Gasteiger partial charge in [0.2, 0.25) is 0 Å². The zero-order valence-electron chi connectivity index (χ0n) is 19.2. The fourth-order valence-electron chi connectivity index (χ4n) is 2.51. The van der Waals surface area contributed by atoms with Gasteiger partial charge in [-0.05, 0) is 66.5 Å². The van der Waals surface area contributed by atoms with Crippen LogP contribution in [0.5, 0.6) is 17.2 Å². The van der Waals surface area contributed by atoms with E-state index in [9.17, 15) is 4.79 Å². The van der Waals surface area contributed by atoms with E-state index in [1.165, 1.54) is 0 Å². The van der Waals surface area contributed by atoms with Crippen molar-refractivity contribution in [3.8, 4) is 29.1 Å². The second kappa shape index (κ2) is 10.5. The molecule has 6 heteroatoms. The van der Waals surface area contributed by atoms with Gasteiger partial charge in [-0.15, -0.1) is 0 Å². The van der Waals surface area contributed by atoms with Gasteiger partial charge in [0.05, 0.1) is 13.7 Å². The summed E-state index contributed by atoms with van der Waals surface area (Å²) in [5.41, 5.74) is 1.76. The molecule has 166 valence electrons. The van der Waals surface area contributed by atoms with Crippen LogP contribution in [0, 0.1) is 11.8 Å². The molecule has 0 aromatic heterocycles. The number of carbonyl (C=O) groups is 1. The molecule has 0 saturated heterocycles. The van der Waals surface area contributed by atoms with E-state index in [1.807, 2.05) is 36.4 Å². The lowest BCUT2D eigenvalue weighted by Gasteiger charge is -2.35. The molecule has 0 saturated carbocycles. The summed E-state index contributed by atoms with van der Waals surface area (Å²) in [5.74, 6) is 7.19. The van der Waals surface area contributed by atoms with E-state index in [0.717, 1.165) is 11.1 Å². The first-order chi connectivity index (χ1) is 14.5. The SMILES string of the molecule is COc1ccc(CCC(=O)O)cc1Oc1ccc(C#CCO[Si](C)(C)C(C)(C)C)cc1. The maximum atomic E-state index is 10.8. The molecule has 2 aromatic rings. The van der Waals surface area contributed by atoms with Crippen molar-refractivity contribution in [1.82, 2.24) is 0 Å². The molecule has 2 rings (SSSR count). The van der Waals surface area contributed by atoms with Crippen LogP contribution in [0.2, 0.25) is 18.1 Å². The minimum atomic E-state index is -1.79. The number of aryl methyl sites for hydroxylation is 1. The summed E-state index contributed by atoms with van der Waals surface area (Å²) in [5, 5.41) is 9.05. The van der Waals surface area contributed by atoms with Crippen molar-refractivity contribution in [3.05, 3.63) is 53.6 Å². The van der Waals surface area contributed by atoms with Crippen LogP contribution in [0.1, 0.15) is 38.3 Å². The van der Waals surface area contributed by atoms with Crippen LogP contribution >= 0.6 is 0 Å². The largest absolute Gasteiger partial charge is 0.493 e. The highest BCUT2D eigenvalue weighted by atomic mass is 28.4. The van der Waals surface area contributed by atoms with Crippen molar-refractivity contribution < 1.29 is 23.8 Å². The standard InChI is InChI=1S/C25H32O5Si/c1-25(2,3)31(5,6)29-17-7-8-19-9-13-21(14-10-19)30-23-18-20(12-16-24(26)27)11-15-22(23)28-4/h9-11,13-15,18H,12,16-17H2,1-6H3,(H,26,27). The molecule has 0 heterocycles. The van der Waals surface area contributed by atoms with E-state index in [4.69, 9.17) is 19.0 Å². The number of aliphatic carboxylic acids is 1. The number of hydrogen-bond donors (Lipinski definition) is 1. The van der Waals surface area contributed by atoms with Gasteiger partial charge in [-0.2, -0.15) is 0 Å². The third kappa shape index (κ3) is 7.46. The predicted molar refractivity (Wildman–Crippen MR) is 125 cm³/mol. The highest BCUT2D eigenvalue weighted by Gasteiger charge is 2.36. The van der Waals surface area contributed by atoms with Gasteiger partial charge in [0.15, 0.2) is 19.8 Å². The van der Waals surface area contributed by atoms with Gasteiger partial charge in [0, 0.05) is 12.0 Å². The minimum Gasteiger partial charge on any atom is -0.493 e. The highest BCUT2D eigenvalue weighted by Crippen LogP contribution is 2.36. The summed E-state index contributed by atoms with van der Waals surface area (Å²) in [6.07, 6.45) is 0.499. The average Bonchev–Trinajstić information content (AvgIpc) is 2.70. The molecule has 0 radical (unpaired) electrons. The molecule has 1 N–H and O–H groups in total. The molecule has 0 spiro atoms. The first-order valence-electron chi connectivity index (χ1n) is 10.3. The van der Waals surface area contributed by atoms with E-state index in [2.05, 4.69) is 45.7 Å². The summed E-state index contributed by atoms with van der Waals surface area (Å²) >= 11 is 0. The van der Waals surface area contributed by atoms with Crippen molar-refractivity contribution in [2.75, 3.05) is 13.7 Å². The zero-order valence-corrected chi connectivity index (χ0v) is 20.2. The Kier molecular flexibility index (Phi) is 8.32. The minimum absolute atomic E-state index is 0.0677. The Hall–Kier alpha value is -2.75. The number of carboxylic acids is 1. The van der Waals surface area contributed by atoms with Crippen LogP contribution in [-0.4, -0.2) is 33.1 Å². The van der Waals surface area contributed by atoms with E-state index in [0.29, 0.717) is 30.3 Å². The van der Waals surface area contributed by atoms with E-state index in [1.54, 1.807) is 13.2 Å². The van der Waals surface area contributed by atoms with Crippen LogP contribution < -0.4 is 9.47 Å². The molecule has 0 bridgehead atoms. The fourth-order valence-corrected chi connectivity index (χ4v) is 3.38. The molecule has 0 atom stereocenters. The molecule has 0 aliphatic carbocycles. The summed E-state index contributed by atoms with van der Waals surface area (Å²) in [6, 6.07) is 12.9. The van der Waals surface area contributed by atoms with Crippen molar-refractivity contribution in [1.29, 1.82) is 0 Å². The Morgan fingerprint density at radius 1 is 1.06 bits per heavy atom. The van der Waals surface area contributed by atoms with Crippen molar-refractivity contribution in [2.45, 2.75) is 51.7 Å². The van der Waals surface area contributed by atoms with E-state index < -0.39 is 14.3 Å². The van der Waals surface area contributed by atoms with Gasteiger partial charge < -0.3 is 19.0 Å². The number of benzene rings is 2. The monoisotopic (exact) mass is 440 g/mol. The van der Waals surface area contributed by atoms with Crippen LogP contribution in [0.25, 0.3) is 0 Å². The Morgan fingerprint density at radius 3 is 2.32 bits per heavy atom. The quantitative estimate of drug-likeness (QED) is 0.410. The summed E-state index contributed by atoms with van der Waals surface area (Å²) in [4.78, 5) is 10.8. The summed E-state index contributed by atoms with van der Waals surface area (Å²) in [6.45, 7) is 11.5. The molecule has 5 nitrogen and oxygen atoms in total. The first-order valence-corrected chi connectivity index (χ1v) is 13.2. The van der Waals surface area contributed by atoms with Gasteiger partial charge >= 0.3 is 5.97 Å². The maximum absolute atomic E-state index is 10.8. The van der Waals surface area contributed by atoms with Crippen molar-refractivity contribution in [3.63, 3.8) is 0 Å². The molecule has 2 aromatic carbocycles. The lowest BCUT2D eigenvalue weighted by Crippen LogP contribution is -2.40. The third-order valence-electron chi connectivity index (χ3n) is 5.48. The van der Waals surface area contributed by atoms with E-state index >= 15 is 0 Å². The maximum Gasteiger partial charge on any atom is 0.303 e. The Morgan fingerprint density at radius 2 is 1.74 bits per heavy atom. The lowest BCUT2D eigenvalue weighted by molar-refractivity contribution is -0.136. The zero-order chi connectivity index (χ0) is 23.1. The Labute approximate surface area is 186 Å². The predicted octanol–water partition coefficient (Wildman–Crippen LogP) is 5.88. The second-order valence-corrected chi connectivity index (χ2v) is 13.7. The van der Waals surface area contributed by atoms with Crippen LogP contribution in [0.3, 0.4) is 0 Å². The summed E-state index contributed by atoms with van der Waals surface area (Å²) < 4.78 is 17.4. The highest BCUT2D eigenvalue weighted by molar-refractivity contribution is 6.74. The molecular weight excluding hydrogens is 408 g/mol. The van der Waals surface area contributed by atoms with Crippen LogP contribution in [-0.2, 0) is 15.6 Å². The number of methoxy groups -OCH3 is 1. The number of hydrogen-bond acceptors (Lipinski definition) is 4. The van der Waals surface area contributed by atoms with Crippen LogP contribution in [0.15, 0.2) is 42.5 Å². The molecule has 0 unspecified atom stereocenters. The normalized spacial score (nSPS) is 11.4. The van der Waals surface area contributed by atoms with Crippen molar-refractivity contribution in [2.24, 2.45) is 0 Å². The van der Waals surface area contributed by atoms with Gasteiger partial charge in [0.25, 0.3) is 0 Å². The molecular formula is C25H32O5Si. The molecule has 0 aliphatic heterocycles. The first kappa shape index (κ1) is 24.5. The van der Waals surface area contributed by atoms with Gasteiger partial charge in [0.1, 0.15) is 5.75 Å². The molecule has 0 aliphatic rings. The average molecular weight is 441 g/mol. The number of ether oxygens (including phenoxy) is 2. The molecule has 0 fully saturated rings. The van der Waals surface area contributed by atoms with Gasteiger partial charge in [-0.1, -0.05) is 38.7 Å². The van der Waals surface area contributed by atoms with Gasteiger partial charge in [-0.3, -0.25) is 4.79 Å². The van der Waals surface area contributed by atoms with Crippen LogP contribution in [0.4, 0.5) is 0 Å². The number of rotatable bonds is 8. The summed E-state index contributed by atoms with van der Waals surface area (Å²) in [7, 11) is -0.215. The smallest absolute Gasteiger partial charge is 0.303 e. The Bertz CT molecular complexity index is 947. The van der Waals surface area contributed by atoms with Crippen molar-refractivity contribution >= 4 is 14.3 Å². The second-order valence-electron chi connectivity index (χ2n) is 8.86.